The third kappa shape index (κ3) is 4.68. The van der Waals surface area contributed by atoms with Crippen LogP contribution in [0.2, 0.25) is 0 Å². The molecule has 24 heavy (non-hydrogen) atoms. The number of unbranched alkanes of at least 4 members (excludes halogenated alkanes) is 1. The quantitative estimate of drug-likeness (QED) is 0.793. The Hall–Kier alpha value is -2.14. The molecule has 0 saturated carbocycles. The van der Waals surface area contributed by atoms with Gasteiger partial charge in [0.1, 0.15) is 5.82 Å². The van der Waals surface area contributed by atoms with Gasteiger partial charge in [0.25, 0.3) is 0 Å². The summed E-state index contributed by atoms with van der Waals surface area (Å²) in [7, 11) is 0. The van der Waals surface area contributed by atoms with E-state index in [-0.39, 0.29) is 0 Å². The van der Waals surface area contributed by atoms with Gasteiger partial charge < -0.3 is 10.2 Å². The smallest absolute Gasteiger partial charge is 0.224 e. The first-order valence-electron chi connectivity index (χ1n) is 8.93. The zero-order valence-corrected chi connectivity index (χ0v) is 14.5. The van der Waals surface area contributed by atoms with Crippen LogP contribution in [-0.4, -0.2) is 47.6 Å². The van der Waals surface area contributed by atoms with Crippen LogP contribution < -0.4 is 10.2 Å². The lowest BCUT2D eigenvalue weighted by molar-refractivity contribution is 0.249. The molecule has 1 saturated heterocycles. The topological polar surface area (TPSA) is 44.3 Å². The number of hydrogen-bond acceptors (Lipinski definition) is 5. The predicted octanol–water partition coefficient (Wildman–Crippen LogP) is 3.01. The number of aromatic nitrogens is 2. The van der Waals surface area contributed by atoms with E-state index in [1.807, 2.05) is 12.3 Å². The molecule has 2 heterocycles. The van der Waals surface area contributed by atoms with Crippen LogP contribution in [0.3, 0.4) is 0 Å². The van der Waals surface area contributed by atoms with Gasteiger partial charge in [-0.1, -0.05) is 43.7 Å². The van der Waals surface area contributed by atoms with Crippen molar-refractivity contribution in [3.63, 3.8) is 0 Å². The Kier molecular flexibility index (Phi) is 6.01. The van der Waals surface area contributed by atoms with Gasteiger partial charge in [-0.25, -0.2) is 4.98 Å². The summed E-state index contributed by atoms with van der Waals surface area (Å²) in [6.07, 6.45) is 4.18. The predicted molar refractivity (Wildman–Crippen MR) is 99.4 cm³/mol. The second-order valence-electron chi connectivity index (χ2n) is 6.27. The van der Waals surface area contributed by atoms with E-state index in [1.165, 1.54) is 12.0 Å². The Labute approximate surface area is 144 Å². The zero-order chi connectivity index (χ0) is 16.6. The highest BCUT2D eigenvalue weighted by Gasteiger charge is 2.18. The minimum absolute atomic E-state index is 0.743. The van der Waals surface area contributed by atoms with E-state index in [4.69, 9.17) is 0 Å². The Morgan fingerprint density at radius 2 is 1.83 bits per heavy atom. The van der Waals surface area contributed by atoms with Crippen LogP contribution in [0.25, 0.3) is 0 Å². The molecule has 3 rings (SSSR count). The standard InChI is InChI=1S/C19H27N5/c1-2-3-10-20-19-21-11-9-18(22-19)24-14-12-23(13-15-24)16-17-7-5-4-6-8-17/h4-9,11H,2-3,10,12-16H2,1H3,(H,20,21,22). The molecule has 2 aromatic rings. The molecule has 1 aromatic heterocycles. The fourth-order valence-electron chi connectivity index (χ4n) is 2.96. The van der Waals surface area contributed by atoms with Gasteiger partial charge in [-0.3, -0.25) is 4.90 Å². The molecule has 5 heteroatoms. The maximum atomic E-state index is 4.66. The summed E-state index contributed by atoms with van der Waals surface area (Å²) in [5.41, 5.74) is 1.38. The molecule has 1 aliphatic rings. The maximum absolute atomic E-state index is 4.66. The van der Waals surface area contributed by atoms with Crippen molar-refractivity contribution in [2.75, 3.05) is 42.9 Å². The van der Waals surface area contributed by atoms with Crippen molar-refractivity contribution in [2.45, 2.75) is 26.3 Å². The molecule has 1 fully saturated rings. The summed E-state index contributed by atoms with van der Waals surface area (Å²) < 4.78 is 0. The number of rotatable bonds is 7. The molecule has 0 aliphatic carbocycles. The first kappa shape index (κ1) is 16.7. The number of nitrogens with one attached hydrogen (secondary N) is 1. The molecule has 5 nitrogen and oxygen atoms in total. The average molecular weight is 325 g/mol. The summed E-state index contributed by atoms with van der Waals surface area (Å²) in [5, 5.41) is 3.31. The average Bonchev–Trinajstić information content (AvgIpc) is 2.64. The third-order valence-electron chi connectivity index (χ3n) is 4.40. The monoisotopic (exact) mass is 325 g/mol. The Morgan fingerprint density at radius 1 is 1.04 bits per heavy atom. The van der Waals surface area contributed by atoms with Crippen LogP contribution in [-0.2, 0) is 6.54 Å². The second-order valence-corrected chi connectivity index (χ2v) is 6.27. The SMILES string of the molecule is CCCCNc1nccc(N2CCN(Cc3ccccc3)CC2)n1. The van der Waals surface area contributed by atoms with Crippen LogP contribution in [0.5, 0.6) is 0 Å². The van der Waals surface area contributed by atoms with Gasteiger partial charge in [-0.2, -0.15) is 4.98 Å². The Morgan fingerprint density at radius 3 is 2.58 bits per heavy atom. The summed E-state index contributed by atoms with van der Waals surface area (Å²) in [6, 6.07) is 12.7. The number of nitrogens with zero attached hydrogens (tertiary/aromatic N) is 4. The number of anilines is 2. The number of hydrogen-bond donors (Lipinski definition) is 1. The van der Waals surface area contributed by atoms with E-state index in [2.05, 4.69) is 62.3 Å². The van der Waals surface area contributed by atoms with Gasteiger partial charge in [0.05, 0.1) is 0 Å². The molecule has 1 aliphatic heterocycles. The van der Waals surface area contributed by atoms with Crippen LogP contribution in [0.15, 0.2) is 42.6 Å². The van der Waals surface area contributed by atoms with Crippen LogP contribution >= 0.6 is 0 Å². The summed E-state index contributed by atoms with van der Waals surface area (Å²) in [6.45, 7) is 8.31. The van der Waals surface area contributed by atoms with Crippen LogP contribution in [0.4, 0.5) is 11.8 Å². The fraction of sp³-hybridized carbons (Fsp3) is 0.474. The van der Waals surface area contributed by atoms with Gasteiger partial charge in [0, 0.05) is 45.5 Å². The molecule has 0 atom stereocenters. The van der Waals surface area contributed by atoms with Crippen LogP contribution in [0.1, 0.15) is 25.3 Å². The van der Waals surface area contributed by atoms with Gasteiger partial charge in [0.2, 0.25) is 5.95 Å². The van der Waals surface area contributed by atoms with Crippen molar-refractivity contribution < 1.29 is 0 Å². The van der Waals surface area contributed by atoms with E-state index in [0.717, 1.165) is 57.5 Å². The van der Waals surface area contributed by atoms with E-state index in [9.17, 15) is 0 Å². The van der Waals surface area contributed by atoms with E-state index >= 15 is 0 Å². The van der Waals surface area contributed by atoms with Gasteiger partial charge in [0.15, 0.2) is 0 Å². The first-order chi connectivity index (χ1) is 11.8. The third-order valence-corrected chi connectivity index (χ3v) is 4.40. The molecule has 0 amide bonds. The van der Waals surface area contributed by atoms with Gasteiger partial charge >= 0.3 is 0 Å². The molecular formula is C19H27N5. The molecule has 128 valence electrons. The maximum Gasteiger partial charge on any atom is 0.224 e. The largest absolute Gasteiger partial charge is 0.354 e. The molecular weight excluding hydrogens is 298 g/mol. The number of benzene rings is 1. The van der Waals surface area contributed by atoms with Crippen LogP contribution in [0, 0.1) is 0 Å². The molecule has 0 spiro atoms. The van der Waals surface area contributed by atoms with Gasteiger partial charge in [-0.05, 0) is 18.1 Å². The van der Waals surface area contributed by atoms with Crippen molar-refractivity contribution in [2.24, 2.45) is 0 Å². The number of piperazine rings is 1. The summed E-state index contributed by atoms with van der Waals surface area (Å²) in [4.78, 5) is 13.8. The van der Waals surface area contributed by atoms with E-state index in [0.29, 0.717) is 0 Å². The Balaban J connectivity index is 1.52. The molecule has 0 radical (unpaired) electrons. The van der Waals surface area contributed by atoms with Gasteiger partial charge in [-0.15, -0.1) is 0 Å². The lowest BCUT2D eigenvalue weighted by atomic mass is 10.2. The van der Waals surface area contributed by atoms with E-state index < -0.39 is 0 Å². The molecule has 0 unspecified atom stereocenters. The first-order valence-corrected chi connectivity index (χ1v) is 8.93. The Bertz CT molecular complexity index is 608. The highest BCUT2D eigenvalue weighted by atomic mass is 15.3. The fourth-order valence-corrected chi connectivity index (χ4v) is 2.96. The van der Waals surface area contributed by atoms with Crippen molar-refractivity contribution in [3.05, 3.63) is 48.2 Å². The van der Waals surface area contributed by atoms with Crippen molar-refractivity contribution in [1.82, 2.24) is 14.9 Å². The molecule has 1 N–H and O–H groups in total. The minimum Gasteiger partial charge on any atom is -0.354 e. The molecule has 1 aromatic carbocycles. The van der Waals surface area contributed by atoms with E-state index in [1.54, 1.807) is 0 Å². The normalized spacial score (nSPS) is 15.5. The highest BCUT2D eigenvalue weighted by molar-refractivity contribution is 5.43. The second kappa shape index (κ2) is 8.64. The van der Waals surface area contributed by atoms with Crippen molar-refractivity contribution in [1.29, 1.82) is 0 Å². The highest BCUT2D eigenvalue weighted by Crippen LogP contribution is 2.16. The van der Waals surface area contributed by atoms with Crippen molar-refractivity contribution >= 4 is 11.8 Å². The zero-order valence-electron chi connectivity index (χ0n) is 14.5. The molecule has 0 bridgehead atoms. The summed E-state index contributed by atoms with van der Waals surface area (Å²) in [5.74, 6) is 1.77. The van der Waals surface area contributed by atoms with Crippen molar-refractivity contribution in [3.8, 4) is 0 Å². The summed E-state index contributed by atoms with van der Waals surface area (Å²) >= 11 is 0. The lowest BCUT2D eigenvalue weighted by Gasteiger charge is -2.35. The minimum atomic E-state index is 0.743. The lowest BCUT2D eigenvalue weighted by Crippen LogP contribution is -2.46.